The van der Waals surface area contributed by atoms with Gasteiger partial charge in [0.1, 0.15) is 56.3 Å². The number of nitrogens with zero attached hydrogens (tertiary/aromatic N) is 4. The fraction of sp³-hybridized carbons (Fsp3) is 0.450. The molecule has 0 radical (unpaired) electrons. The average Bonchev–Trinajstić information content (AvgIpc) is 3.50. The lowest BCUT2D eigenvalue weighted by atomic mass is 10.0. The van der Waals surface area contributed by atoms with Crippen molar-refractivity contribution in [3.8, 4) is 5.75 Å². The molecule has 0 spiro atoms. The molecule has 1 fully saturated rings. The van der Waals surface area contributed by atoms with Gasteiger partial charge in [0.05, 0.1) is 12.8 Å². The summed E-state index contributed by atoms with van der Waals surface area (Å²) in [6.45, 7) is 15.7. The highest BCUT2D eigenvalue weighted by molar-refractivity contribution is 8.00. The highest BCUT2D eigenvalue weighted by atomic mass is 35.5. The van der Waals surface area contributed by atoms with Crippen molar-refractivity contribution >= 4 is 81.2 Å². The summed E-state index contributed by atoms with van der Waals surface area (Å²) in [4.78, 5) is 78.0. The first-order chi connectivity index (χ1) is 28.0. The van der Waals surface area contributed by atoms with Crippen molar-refractivity contribution in [1.29, 1.82) is 0 Å². The standard InChI is InChI=1S/C40H48ClN7O10S2/c1-38(2,3)56-36(52)42-24-15-17-47(18-16-24)19-23-21-59-33-28(32(50)48(33)29(23)34(51)55-20-22-11-13-25(54-10)14-12-22)43-31(49)27(46-58-40(7,8)9)26-30(41)60-35(44-26)45-37(53)57-39(4,5)6/h11-18,28,33H,19-21H2,1-10H3,(H2,43,44,45,49,53)/p+1/b46-27+. The minimum atomic E-state index is -1.09. The van der Waals surface area contributed by atoms with Crippen molar-refractivity contribution in [1.82, 2.24) is 15.2 Å². The predicted molar refractivity (Wildman–Crippen MR) is 226 cm³/mol. The number of aromatic nitrogens is 2. The van der Waals surface area contributed by atoms with E-state index in [9.17, 15) is 24.0 Å². The second kappa shape index (κ2) is 18.5. The maximum atomic E-state index is 14.0. The summed E-state index contributed by atoms with van der Waals surface area (Å²) >= 11 is 8.75. The van der Waals surface area contributed by atoms with Gasteiger partial charge in [-0.05, 0) is 80.0 Å². The van der Waals surface area contributed by atoms with Gasteiger partial charge in [-0.25, -0.2) is 23.9 Å². The van der Waals surface area contributed by atoms with Gasteiger partial charge in [-0.15, -0.1) is 11.8 Å². The second-order valence-corrected chi connectivity index (χ2v) is 19.2. The lowest BCUT2D eigenvalue weighted by Gasteiger charge is -2.49. The smallest absolute Gasteiger partial charge is 0.413 e. The second-order valence-electron chi connectivity index (χ2n) is 16.5. The number of carbonyl (C=O) groups is 5. The summed E-state index contributed by atoms with van der Waals surface area (Å²) in [5.74, 6) is -1.19. The van der Waals surface area contributed by atoms with Crippen LogP contribution in [0, 0.1) is 0 Å². The first kappa shape index (κ1) is 45.7. The molecule has 2 aliphatic heterocycles. The maximum absolute atomic E-state index is 14.0. The summed E-state index contributed by atoms with van der Waals surface area (Å²) in [6, 6.07) is 9.28. The van der Waals surface area contributed by atoms with Gasteiger partial charge in [0, 0.05) is 23.5 Å². The lowest BCUT2D eigenvalue weighted by molar-refractivity contribution is -0.688. The number of hydrogen-bond acceptors (Lipinski definition) is 14. The number of carbonyl (C=O) groups excluding carboxylic acids is 5. The SMILES string of the molecule is COc1ccc(COC(=O)C2=C(C[n+]3ccc(NC(=O)OC(C)(C)C)cc3)CSC3C(NC(=O)/C(=N/OC(C)(C)C)c4nc(NC(=O)OC(C)(C)C)sc4Cl)C(=O)N23)cc1. The fourth-order valence-corrected chi connectivity index (χ4v) is 7.86. The fourth-order valence-electron chi connectivity index (χ4n) is 5.50. The van der Waals surface area contributed by atoms with E-state index in [2.05, 4.69) is 26.1 Å². The Morgan fingerprint density at radius 3 is 2.12 bits per heavy atom. The van der Waals surface area contributed by atoms with Gasteiger partial charge in [-0.3, -0.25) is 25.1 Å². The minimum absolute atomic E-state index is 0.0155. The van der Waals surface area contributed by atoms with Crippen LogP contribution < -0.4 is 25.3 Å². The number of oxime groups is 1. The number of anilines is 2. The van der Waals surface area contributed by atoms with Crippen LogP contribution in [-0.2, 0) is 46.6 Å². The number of thioether (sulfide) groups is 1. The van der Waals surface area contributed by atoms with Crippen LogP contribution in [0.4, 0.5) is 20.4 Å². The van der Waals surface area contributed by atoms with Gasteiger partial charge >= 0.3 is 18.2 Å². The zero-order valence-corrected chi connectivity index (χ0v) is 37.3. The third kappa shape index (κ3) is 12.3. The van der Waals surface area contributed by atoms with Crippen LogP contribution in [0.15, 0.2) is 65.2 Å². The van der Waals surface area contributed by atoms with E-state index >= 15 is 0 Å². The number of ether oxygens (including phenoxy) is 4. The number of rotatable bonds is 12. The number of esters is 1. The molecule has 0 bridgehead atoms. The largest absolute Gasteiger partial charge is 0.497 e. The third-order valence-corrected chi connectivity index (χ3v) is 10.5. The van der Waals surface area contributed by atoms with E-state index in [1.54, 1.807) is 123 Å². The molecule has 3 N–H and O–H groups in total. The normalized spacial score (nSPS) is 16.9. The predicted octanol–water partition coefficient (Wildman–Crippen LogP) is 6.40. The van der Waals surface area contributed by atoms with Crippen LogP contribution in [0.5, 0.6) is 5.75 Å². The maximum Gasteiger partial charge on any atom is 0.413 e. The number of pyridine rings is 1. The molecular weight excluding hydrogens is 838 g/mol. The molecule has 2 unspecified atom stereocenters. The van der Waals surface area contributed by atoms with E-state index < -0.39 is 58.2 Å². The average molecular weight is 887 g/mol. The van der Waals surface area contributed by atoms with E-state index in [-0.39, 0.29) is 39.7 Å². The van der Waals surface area contributed by atoms with Gasteiger partial charge in [-0.1, -0.05) is 40.2 Å². The van der Waals surface area contributed by atoms with Crippen molar-refractivity contribution in [2.75, 3.05) is 23.5 Å². The van der Waals surface area contributed by atoms with E-state index in [4.69, 9.17) is 35.4 Å². The molecule has 322 valence electrons. The molecule has 1 saturated heterocycles. The third-order valence-electron chi connectivity index (χ3n) is 8.01. The van der Waals surface area contributed by atoms with Crippen LogP contribution >= 0.6 is 34.7 Å². The Balaban J connectivity index is 1.38. The van der Waals surface area contributed by atoms with Crippen molar-refractivity contribution < 1.29 is 52.3 Å². The number of β-lactam (4-membered cyclic amide) rings is 1. The van der Waals surface area contributed by atoms with E-state index in [1.807, 2.05) is 0 Å². The lowest BCUT2D eigenvalue weighted by Crippen LogP contribution is -2.71. The molecule has 4 heterocycles. The van der Waals surface area contributed by atoms with Crippen LogP contribution in [0.2, 0.25) is 4.34 Å². The molecule has 17 nitrogen and oxygen atoms in total. The topological polar surface area (TPSA) is 200 Å². The minimum Gasteiger partial charge on any atom is -0.497 e. The number of benzene rings is 1. The van der Waals surface area contributed by atoms with E-state index in [0.717, 1.165) is 11.3 Å². The number of fused-ring (bicyclic) bond motifs is 1. The molecule has 1 aromatic carbocycles. The highest BCUT2D eigenvalue weighted by Crippen LogP contribution is 2.41. The molecule has 20 heteroatoms. The monoisotopic (exact) mass is 886 g/mol. The zero-order chi connectivity index (χ0) is 44.2. The number of amides is 4. The summed E-state index contributed by atoms with van der Waals surface area (Å²) < 4.78 is 23.4. The Hall–Kier alpha value is -5.40. The van der Waals surface area contributed by atoms with E-state index in [1.165, 1.54) is 16.7 Å². The highest BCUT2D eigenvalue weighted by Gasteiger charge is 2.55. The summed E-state index contributed by atoms with van der Waals surface area (Å²) in [6.07, 6.45) is 2.05. The van der Waals surface area contributed by atoms with Gasteiger partial charge < -0.3 is 29.1 Å². The number of methoxy groups -OCH3 is 1. The Morgan fingerprint density at radius 1 is 0.917 bits per heavy atom. The molecule has 0 saturated carbocycles. The summed E-state index contributed by atoms with van der Waals surface area (Å²) in [7, 11) is 1.55. The van der Waals surface area contributed by atoms with Gasteiger partial charge in [-0.2, -0.15) is 0 Å². The van der Waals surface area contributed by atoms with E-state index in [0.29, 0.717) is 28.3 Å². The van der Waals surface area contributed by atoms with Gasteiger partial charge in [0.15, 0.2) is 29.8 Å². The van der Waals surface area contributed by atoms with Crippen molar-refractivity contribution in [3.05, 3.63) is 75.7 Å². The number of halogens is 1. The molecule has 60 heavy (non-hydrogen) atoms. The molecule has 2 aliphatic rings. The van der Waals surface area contributed by atoms with Crippen molar-refractivity contribution in [2.24, 2.45) is 5.16 Å². The van der Waals surface area contributed by atoms with Crippen LogP contribution in [0.1, 0.15) is 73.6 Å². The Kier molecular flexibility index (Phi) is 14.1. The summed E-state index contributed by atoms with van der Waals surface area (Å²) in [5, 5.41) is 11.4. The molecular formula is C40H49ClN7O10S2+. The van der Waals surface area contributed by atoms with Crippen LogP contribution in [0.3, 0.4) is 0 Å². The zero-order valence-electron chi connectivity index (χ0n) is 35.0. The first-order valence-corrected chi connectivity index (χ1v) is 20.9. The van der Waals surface area contributed by atoms with Crippen LogP contribution in [-0.4, -0.2) is 86.6 Å². The molecule has 5 rings (SSSR count). The molecule has 4 amide bonds. The first-order valence-electron chi connectivity index (χ1n) is 18.7. The number of nitrogens with one attached hydrogen (secondary N) is 3. The van der Waals surface area contributed by atoms with Crippen LogP contribution in [0.25, 0.3) is 0 Å². The molecule has 2 aromatic heterocycles. The van der Waals surface area contributed by atoms with Gasteiger partial charge in [0.2, 0.25) is 0 Å². The molecule has 0 aliphatic carbocycles. The quantitative estimate of drug-likeness (QED) is 0.0452. The van der Waals surface area contributed by atoms with Crippen molar-refractivity contribution in [2.45, 2.75) is 104 Å². The van der Waals surface area contributed by atoms with Crippen molar-refractivity contribution in [3.63, 3.8) is 0 Å². The van der Waals surface area contributed by atoms with Gasteiger partial charge in [0.25, 0.3) is 11.8 Å². The summed E-state index contributed by atoms with van der Waals surface area (Å²) in [5.41, 5.74) is -0.883. The Bertz CT molecular complexity index is 2170. The molecule has 3 aromatic rings. The Labute approximate surface area is 361 Å². The number of hydrogen-bond donors (Lipinski definition) is 3. The Morgan fingerprint density at radius 2 is 1.53 bits per heavy atom. The molecule has 2 atom stereocenters. The number of thiazole rings is 1.